The topological polar surface area (TPSA) is 95.9 Å². The van der Waals surface area contributed by atoms with Gasteiger partial charge < -0.3 is 20.3 Å². The smallest absolute Gasteiger partial charge is 0.305 e. The zero-order valence-corrected chi connectivity index (χ0v) is 45.1. The van der Waals surface area contributed by atoms with Crippen LogP contribution in [0.5, 0.6) is 0 Å². The van der Waals surface area contributed by atoms with Crippen molar-refractivity contribution in [3.63, 3.8) is 0 Å². The van der Waals surface area contributed by atoms with E-state index in [4.69, 9.17) is 4.74 Å². The van der Waals surface area contributed by atoms with Crippen LogP contribution in [0, 0.1) is 0 Å². The van der Waals surface area contributed by atoms with Crippen molar-refractivity contribution in [2.45, 2.75) is 341 Å². The lowest BCUT2D eigenvalue weighted by atomic mass is 10.0. The maximum Gasteiger partial charge on any atom is 0.305 e. The Morgan fingerprint density at radius 2 is 0.701 bits per heavy atom. The van der Waals surface area contributed by atoms with Crippen molar-refractivity contribution < 1.29 is 24.5 Å². The first-order valence-corrected chi connectivity index (χ1v) is 30.1. The quantitative estimate of drug-likeness (QED) is 0.0321. The van der Waals surface area contributed by atoms with Crippen LogP contribution in [-0.2, 0) is 14.3 Å². The van der Waals surface area contributed by atoms with E-state index in [1.807, 2.05) is 0 Å². The van der Waals surface area contributed by atoms with Crippen molar-refractivity contribution in [1.29, 1.82) is 0 Å². The third-order valence-electron chi connectivity index (χ3n) is 14.0. The minimum Gasteiger partial charge on any atom is -0.466 e. The highest BCUT2D eigenvalue weighted by molar-refractivity contribution is 5.76. The standard InChI is InChI=1S/C61H117NO5/c1-3-5-7-9-11-13-15-33-37-41-45-49-53-59(64)58(57-63)62-60(65)54-50-46-42-38-34-31-29-27-25-23-21-19-17-18-20-22-24-26-28-30-32-36-40-44-48-52-56-67-61(66)55-51-47-43-39-35-16-14-12-10-8-6-4-2/h12,14,17,19,58-59,63-64H,3-11,13,15-16,18,20-57H2,1-2H3,(H,62,65)/b14-12-,19-17-. The Morgan fingerprint density at radius 3 is 1.09 bits per heavy atom. The van der Waals surface area contributed by atoms with Gasteiger partial charge in [-0.1, -0.05) is 263 Å². The molecule has 0 aromatic heterocycles. The average Bonchev–Trinajstić information content (AvgIpc) is 3.33. The Labute approximate surface area is 418 Å². The van der Waals surface area contributed by atoms with Crippen molar-refractivity contribution in [3.8, 4) is 0 Å². The Morgan fingerprint density at radius 1 is 0.403 bits per heavy atom. The van der Waals surface area contributed by atoms with Crippen LogP contribution < -0.4 is 5.32 Å². The molecule has 0 saturated heterocycles. The maximum absolute atomic E-state index is 12.5. The number of hydrogen-bond acceptors (Lipinski definition) is 5. The molecule has 0 radical (unpaired) electrons. The number of nitrogens with one attached hydrogen (secondary N) is 1. The van der Waals surface area contributed by atoms with E-state index in [-0.39, 0.29) is 18.5 Å². The van der Waals surface area contributed by atoms with Gasteiger partial charge in [-0.25, -0.2) is 0 Å². The van der Waals surface area contributed by atoms with Crippen molar-refractivity contribution in [2.24, 2.45) is 0 Å². The zero-order chi connectivity index (χ0) is 48.6. The highest BCUT2D eigenvalue weighted by Gasteiger charge is 2.20. The molecule has 0 aliphatic heterocycles. The molecular formula is C61H117NO5. The highest BCUT2D eigenvalue weighted by Crippen LogP contribution is 2.17. The van der Waals surface area contributed by atoms with Crippen LogP contribution in [0.15, 0.2) is 24.3 Å². The number of aliphatic hydroxyl groups is 2. The molecule has 6 heteroatoms. The molecule has 0 fully saturated rings. The fraction of sp³-hybridized carbons (Fsp3) is 0.902. The van der Waals surface area contributed by atoms with Crippen LogP contribution in [0.3, 0.4) is 0 Å². The number of rotatable bonds is 56. The van der Waals surface area contributed by atoms with Crippen molar-refractivity contribution in [1.82, 2.24) is 5.32 Å². The van der Waals surface area contributed by atoms with Crippen molar-refractivity contribution in [3.05, 3.63) is 24.3 Å². The number of amides is 1. The summed E-state index contributed by atoms with van der Waals surface area (Å²) >= 11 is 0. The summed E-state index contributed by atoms with van der Waals surface area (Å²) in [5.41, 5.74) is 0. The second-order valence-corrected chi connectivity index (χ2v) is 20.7. The molecular weight excluding hydrogens is 827 g/mol. The number of aliphatic hydroxyl groups excluding tert-OH is 2. The first kappa shape index (κ1) is 65.3. The largest absolute Gasteiger partial charge is 0.466 e. The number of carbonyl (C=O) groups excluding carboxylic acids is 2. The van der Waals surface area contributed by atoms with Crippen LogP contribution >= 0.6 is 0 Å². The fourth-order valence-corrected chi connectivity index (χ4v) is 9.34. The molecule has 6 nitrogen and oxygen atoms in total. The van der Waals surface area contributed by atoms with E-state index >= 15 is 0 Å². The van der Waals surface area contributed by atoms with E-state index in [9.17, 15) is 19.8 Å². The molecule has 3 N–H and O–H groups in total. The molecule has 0 spiro atoms. The number of esters is 1. The molecule has 0 heterocycles. The summed E-state index contributed by atoms with van der Waals surface area (Å²) in [6, 6.07) is -0.541. The Balaban J connectivity index is 3.38. The molecule has 2 unspecified atom stereocenters. The van der Waals surface area contributed by atoms with Gasteiger partial charge in [0, 0.05) is 12.8 Å². The predicted octanol–water partition coefficient (Wildman–Crippen LogP) is 18.6. The Bertz CT molecular complexity index is 1040. The Kier molecular flexibility index (Phi) is 55.5. The minimum atomic E-state index is -0.664. The summed E-state index contributed by atoms with van der Waals surface area (Å²) in [6.45, 7) is 4.93. The van der Waals surface area contributed by atoms with E-state index in [1.54, 1.807) is 0 Å². The van der Waals surface area contributed by atoms with E-state index in [1.165, 1.54) is 250 Å². The zero-order valence-electron chi connectivity index (χ0n) is 45.1. The Hall–Kier alpha value is -1.66. The molecule has 0 aromatic rings. The lowest BCUT2D eigenvalue weighted by Crippen LogP contribution is -2.45. The molecule has 0 aromatic carbocycles. The van der Waals surface area contributed by atoms with Gasteiger partial charge in [-0.05, 0) is 77.0 Å². The monoisotopic (exact) mass is 944 g/mol. The van der Waals surface area contributed by atoms with Crippen LogP contribution in [0.2, 0.25) is 0 Å². The first-order valence-electron chi connectivity index (χ1n) is 30.1. The average molecular weight is 945 g/mol. The highest BCUT2D eigenvalue weighted by atomic mass is 16.5. The summed E-state index contributed by atoms with van der Waals surface area (Å²) in [7, 11) is 0. The van der Waals surface area contributed by atoms with Gasteiger partial charge in [0.15, 0.2) is 0 Å². The van der Waals surface area contributed by atoms with Gasteiger partial charge in [0.1, 0.15) is 0 Å². The van der Waals surface area contributed by atoms with E-state index in [0.717, 1.165) is 44.9 Å². The van der Waals surface area contributed by atoms with Gasteiger partial charge in [-0.2, -0.15) is 0 Å². The lowest BCUT2D eigenvalue weighted by molar-refractivity contribution is -0.143. The lowest BCUT2D eigenvalue weighted by Gasteiger charge is -2.22. The third kappa shape index (κ3) is 53.5. The van der Waals surface area contributed by atoms with Gasteiger partial charge in [0.25, 0.3) is 0 Å². The predicted molar refractivity (Wildman–Crippen MR) is 292 cm³/mol. The van der Waals surface area contributed by atoms with E-state index < -0.39 is 12.1 Å². The molecule has 0 aliphatic carbocycles. The maximum atomic E-state index is 12.5. The third-order valence-corrected chi connectivity index (χ3v) is 14.0. The second-order valence-electron chi connectivity index (χ2n) is 20.7. The molecule has 0 saturated carbocycles. The molecule has 1 amide bonds. The molecule has 0 rings (SSSR count). The normalized spacial score (nSPS) is 12.7. The van der Waals surface area contributed by atoms with Gasteiger partial charge in [0.2, 0.25) is 5.91 Å². The van der Waals surface area contributed by atoms with Gasteiger partial charge in [-0.3, -0.25) is 9.59 Å². The summed E-state index contributed by atoms with van der Waals surface area (Å²) in [6.07, 6.45) is 69.0. The summed E-state index contributed by atoms with van der Waals surface area (Å²) in [5, 5.41) is 23.2. The summed E-state index contributed by atoms with van der Waals surface area (Å²) in [5.74, 6) is -0.0322. The fourth-order valence-electron chi connectivity index (χ4n) is 9.34. The molecule has 0 bridgehead atoms. The number of carbonyl (C=O) groups is 2. The van der Waals surface area contributed by atoms with Gasteiger partial charge in [-0.15, -0.1) is 0 Å². The van der Waals surface area contributed by atoms with Gasteiger partial charge in [0.05, 0.1) is 25.4 Å². The first-order chi connectivity index (χ1) is 33.0. The summed E-state index contributed by atoms with van der Waals surface area (Å²) in [4.78, 5) is 24.5. The number of allylic oxidation sites excluding steroid dienone is 4. The van der Waals surface area contributed by atoms with Crippen LogP contribution in [0.4, 0.5) is 0 Å². The van der Waals surface area contributed by atoms with Crippen LogP contribution in [0.25, 0.3) is 0 Å². The van der Waals surface area contributed by atoms with Crippen molar-refractivity contribution >= 4 is 11.9 Å². The van der Waals surface area contributed by atoms with Crippen LogP contribution in [-0.4, -0.2) is 47.4 Å². The number of ether oxygens (including phenoxy) is 1. The molecule has 2 atom stereocenters. The number of unbranched alkanes of at least 4 members (excludes halogenated alkanes) is 41. The van der Waals surface area contributed by atoms with Gasteiger partial charge >= 0.3 is 5.97 Å². The number of hydrogen-bond donors (Lipinski definition) is 3. The SMILES string of the molecule is CCCCC/C=C\CCCCCCCC(=O)OCCCCCCCCCCCCCC/C=C\CCCCCCCCCCCCC(=O)NC(CO)C(O)CCCCCCCCCCCCCC. The van der Waals surface area contributed by atoms with Crippen LogP contribution in [0.1, 0.15) is 328 Å². The van der Waals surface area contributed by atoms with E-state index in [0.29, 0.717) is 25.9 Å². The second kappa shape index (κ2) is 56.9. The molecule has 396 valence electrons. The molecule has 67 heavy (non-hydrogen) atoms. The molecule has 0 aliphatic rings. The van der Waals surface area contributed by atoms with E-state index in [2.05, 4.69) is 43.5 Å². The minimum absolute atomic E-state index is 0.00425. The summed E-state index contributed by atoms with van der Waals surface area (Å²) < 4.78 is 5.46. The van der Waals surface area contributed by atoms with Crippen molar-refractivity contribution in [2.75, 3.05) is 13.2 Å².